The first kappa shape index (κ1) is 18.5. The molecule has 0 aromatic rings. The molecule has 2 saturated heterocycles. The minimum Gasteiger partial charge on any atom is -0.338 e. The van der Waals surface area contributed by atoms with Gasteiger partial charge < -0.3 is 20.9 Å². The van der Waals surface area contributed by atoms with Crippen molar-refractivity contribution in [3.63, 3.8) is 0 Å². The standard InChI is InChI=1S/C18H36N4O/c1-16(2)11-14(12-17(3,4)21-16)20-15(23)19-13-18(5)7-9-22(6)10-8-18/h14,21H,7-13H2,1-6H3,(H2,19,20,23). The second-order valence-electron chi connectivity index (χ2n) is 9.44. The van der Waals surface area contributed by atoms with Gasteiger partial charge in [-0.25, -0.2) is 4.79 Å². The Morgan fingerprint density at radius 1 is 1.09 bits per heavy atom. The van der Waals surface area contributed by atoms with Crippen LogP contribution >= 0.6 is 0 Å². The summed E-state index contributed by atoms with van der Waals surface area (Å²) in [6.07, 6.45) is 4.23. The van der Waals surface area contributed by atoms with Crippen LogP contribution in [-0.4, -0.2) is 54.7 Å². The first-order valence-corrected chi connectivity index (χ1v) is 9.01. The number of piperidine rings is 2. The van der Waals surface area contributed by atoms with Crippen molar-refractivity contribution < 1.29 is 4.79 Å². The summed E-state index contributed by atoms with van der Waals surface area (Å²) in [5.41, 5.74) is 0.343. The zero-order valence-corrected chi connectivity index (χ0v) is 15.9. The molecule has 0 aromatic heterocycles. The molecule has 5 nitrogen and oxygen atoms in total. The lowest BCUT2D eigenvalue weighted by atomic mass is 9.79. The normalized spacial score (nSPS) is 27.4. The highest BCUT2D eigenvalue weighted by molar-refractivity contribution is 5.74. The van der Waals surface area contributed by atoms with Gasteiger partial charge in [-0.3, -0.25) is 0 Å². The number of likely N-dealkylation sites (tertiary alicyclic amines) is 1. The highest BCUT2D eigenvalue weighted by Crippen LogP contribution is 2.30. The van der Waals surface area contributed by atoms with Gasteiger partial charge in [0.2, 0.25) is 0 Å². The highest BCUT2D eigenvalue weighted by Gasteiger charge is 2.38. The van der Waals surface area contributed by atoms with E-state index in [4.69, 9.17) is 0 Å². The Kier molecular flexibility index (Phi) is 5.31. The van der Waals surface area contributed by atoms with Crippen LogP contribution in [0.4, 0.5) is 4.79 Å². The molecule has 0 unspecified atom stereocenters. The zero-order valence-electron chi connectivity index (χ0n) is 15.9. The predicted molar refractivity (Wildman–Crippen MR) is 95.7 cm³/mol. The SMILES string of the molecule is CN1CCC(C)(CNC(=O)NC2CC(C)(C)NC(C)(C)C2)CC1. The van der Waals surface area contributed by atoms with Gasteiger partial charge in [0.1, 0.15) is 0 Å². The van der Waals surface area contributed by atoms with Gasteiger partial charge in [-0.1, -0.05) is 6.92 Å². The van der Waals surface area contributed by atoms with E-state index in [0.29, 0.717) is 0 Å². The van der Waals surface area contributed by atoms with Gasteiger partial charge in [0.05, 0.1) is 0 Å². The smallest absolute Gasteiger partial charge is 0.315 e. The van der Waals surface area contributed by atoms with Crippen LogP contribution in [0.3, 0.4) is 0 Å². The summed E-state index contributed by atoms with van der Waals surface area (Å²) >= 11 is 0. The first-order chi connectivity index (χ1) is 10.5. The third kappa shape index (κ3) is 5.64. The van der Waals surface area contributed by atoms with E-state index in [2.05, 4.69) is 62.5 Å². The number of nitrogens with one attached hydrogen (secondary N) is 3. The number of hydrogen-bond acceptors (Lipinski definition) is 3. The lowest BCUT2D eigenvalue weighted by molar-refractivity contribution is 0.132. The quantitative estimate of drug-likeness (QED) is 0.747. The van der Waals surface area contributed by atoms with Gasteiger partial charge in [0, 0.05) is 23.7 Å². The van der Waals surface area contributed by atoms with Gasteiger partial charge in [-0.15, -0.1) is 0 Å². The Bertz CT molecular complexity index is 409. The number of amides is 2. The summed E-state index contributed by atoms with van der Waals surface area (Å²) in [6, 6.07) is 0.218. The van der Waals surface area contributed by atoms with Crippen LogP contribution in [-0.2, 0) is 0 Å². The Hall–Kier alpha value is -0.810. The zero-order chi connectivity index (χ0) is 17.3. The molecular weight excluding hydrogens is 288 g/mol. The molecule has 2 rings (SSSR count). The summed E-state index contributed by atoms with van der Waals surface area (Å²) in [4.78, 5) is 14.7. The van der Waals surface area contributed by atoms with Crippen molar-refractivity contribution in [1.82, 2.24) is 20.9 Å². The molecule has 5 heteroatoms. The van der Waals surface area contributed by atoms with Crippen LogP contribution in [0.25, 0.3) is 0 Å². The number of hydrogen-bond donors (Lipinski definition) is 3. The molecule has 2 aliphatic heterocycles. The van der Waals surface area contributed by atoms with Gasteiger partial charge in [0.15, 0.2) is 0 Å². The van der Waals surface area contributed by atoms with Crippen LogP contribution in [0.2, 0.25) is 0 Å². The van der Waals surface area contributed by atoms with Crippen LogP contribution < -0.4 is 16.0 Å². The van der Waals surface area contributed by atoms with Crippen molar-refractivity contribution in [3.05, 3.63) is 0 Å². The third-order valence-electron chi connectivity index (χ3n) is 5.40. The third-order valence-corrected chi connectivity index (χ3v) is 5.40. The van der Waals surface area contributed by atoms with E-state index in [-0.39, 0.29) is 28.6 Å². The van der Waals surface area contributed by atoms with Gasteiger partial charge >= 0.3 is 6.03 Å². The lowest BCUT2D eigenvalue weighted by Crippen LogP contribution is -2.63. The molecule has 2 heterocycles. The molecule has 0 atom stereocenters. The number of urea groups is 1. The minimum absolute atomic E-state index is 0.0105. The van der Waals surface area contributed by atoms with Crippen molar-refractivity contribution in [2.75, 3.05) is 26.7 Å². The lowest BCUT2D eigenvalue weighted by Gasteiger charge is -2.46. The molecule has 134 valence electrons. The Morgan fingerprint density at radius 2 is 1.61 bits per heavy atom. The maximum atomic E-state index is 12.3. The molecule has 2 aliphatic rings. The Balaban J connectivity index is 1.80. The van der Waals surface area contributed by atoms with E-state index in [9.17, 15) is 4.79 Å². The van der Waals surface area contributed by atoms with Crippen LogP contribution in [0, 0.1) is 5.41 Å². The summed E-state index contributed by atoms with van der Waals surface area (Å²) in [7, 11) is 2.17. The van der Waals surface area contributed by atoms with Crippen molar-refractivity contribution in [1.29, 1.82) is 0 Å². The van der Waals surface area contributed by atoms with Crippen LogP contribution in [0.1, 0.15) is 60.3 Å². The van der Waals surface area contributed by atoms with E-state index >= 15 is 0 Å². The maximum Gasteiger partial charge on any atom is 0.315 e. The number of rotatable bonds is 3. The minimum atomic E-state index is -0.0105. The van der Waals surface area contributed by atoms with Crippen molar-refractivity contribution >= 4 is 6.03 Å². The molecule has 0 spiro atoms. The molecule has 23 heavy (non-hydrogen) atoms. The average Bonchev–Trinajstić information content (AvgIpc) is 2.37. The number of carbonyl (C=O) groups is 1. The van der Waals surface area contributed by atoms with Crippen molar-refractivity contribution in [3.8, 4) is 0 Å². The molecule has 2 amide bonds. The summed E-state index contributed by atoms with van der Waals surface area (Å²) in [5.74, 6) is 0. The monoisotopic (exact) mass is 324 g/mol. The average molecular weight is 325 g/mol. The van der Waals surface area contributed by atoms with E-state index in [1.54, 1.807) is 0 Å². The molecule has 0 bridgehead atoms. The summed E-state index contributed by atoms with van der Waals surface area (Å²) in [5, 5.41) is 9.97. The molecule has 2 fully saturated rings. The molecule has 3 N–H and O–H groups in total. The largest absolute Gasteiger partial charge is 0.338 e. The van der Waals surface area contributed by atoms with E-state index in [0.717, 1.165) is 45.3 Å². The molecular formula is C18H36N4O. The van der Waals surface area contributed by atoms with Gasteiger partial charge in [0.25, 0.3) is 0 Å². The fourth-order valence-corrected chi connectivity index (χ4v) is 4.29. The number of nitrogens with zero attached hydrogens (tertiary/aromatic N) is 1. The Labute approximate surface area is 142 Å². The summed E-state index contributed by atoms with van der Waals surface area (Å²) in [6.45, 7) is 14.1. The van der Waals surface area contributed by atoms with Gasteiger partial charge in [-0.05, 0) is 78.9 Å². The van der Waals surface area contributed by atoms with Crippen molar-refractivity contribution in [2.24, 2.45) is 5.41 Å². The fraction of sp³-hybridized carbons (Fsp3) is 0.944. The molecule has 0 saturated carbocycles. The highest BCUT2D eigenvalue weighted by atomic mass is 16.2. The summed E-state index contributed by atoms with van der Waals surface area (Å²) < 4.78 is 0. The fourth-order valence-electron chi connectivity index (χ4n) is 4.29. The molecule has 0 aliphatic carbocycles. The predicted octanol–water partition coefficient (Wildman–Crippen LogP) is 2.33. The van der Waals surface area contributed by atoms with Crippen LogP contribution in [0.15, 0.2) is 0 Å². The van der Waals surface area contributed by atoms with Crippen molar-refractivity contribution in [2.45, 2.75) is 77.4 Å². The molecule has 0 aromatic carbocycles. The molecule has 0 radical (unpaired) electrons. The van der Waals surface area contributed by atoms with E-state index < -0.39 is 0 Å². The Morgan fingerprint density at radius 3 is 2.13 bits per heavy atom. The number of carbonyl (C=O) groups excluding carboxylic acids is 1. The van der Waals surface area contributed by atoms with Gasteiger partial charge in [-0.2, -0.15) is 0 Å². The van der Waals surface area contributed by atoms with E-state index in [1.807, 2.05) is 0 Å². The maximum absolute atomic E-state index is 12.3. The first-order valence-electron chi connectivity index (χ1n) is 9.01. The van der Waals surface area contributed by atoms with E-state index in [1.165, 1.54) is 0 Å². The topological polar surface area (TPSA) is 56.4 Å². The van der Waals surface area contributed by atoms with Crippen LogP contribution in [0.5, 0.6) is 0 Å². The second-order valence-corrected chi connectivity index (χ2v) is 9.44. The second kappa shape index (κ2) is 6.60.